The van der Waals surface area contributed by atoms with Gasteiger partial charge in [-0.05, 0) is 42.0 Å². The SMILES string of the molecule is CN(C)C(=O)c1cc2c(s1)CCN(C(=O)C1CCc3ccccc31)C2. The molecule has 0 fully saturated rings. The van der Waals surface area contributed by atoms with Gasteiger partial charge in [0.15, 0.2) is 0 Å². The molecule has 0 spiro atoms. The van der Waals surface area contributed by atoms with Crippen LogP contribution in [0, 0.1) is 0 Å². The number of benzene rings is 1. The van der Waals surface area contributed by atoms with Crippen LogP contribution in [0.15, 0.2) is 30.3 Å². The Morgan fingerprint density at radius 2 is 1.96 bits per heavy atom. The van der Waals surface area contributed by atoms with Crippen molar-refractivity contribution in [2.24, 2.45) is 0 Å². The Labute approximate surface area is 152 Å². The molecule has 2 aliphatic rings. The maximum atomic E-state index is 13.1. The molecule has 25 heavy (non-hydrogen) atoms. The van der Waals surface area contributed by atoms with E-state index in [1.165, 1.54) is 16.0 Å². The molecule has 0 saturated carbocycles. The number of amides is 2. The zero-order valence-electron chi connectivity index (χ0n) is 14.6. The molecule has 5 heteroatoms. The van der Waals surface area contributed by atoms with Crippen molar-refractivity contribution in [3.05, 3.63) is 56.8 Å². The fourth-order valence-electron chi connectivity index (χ4n) is 3.88. The average molecular weight is 354 g/mol. The second kappa shape index (κ2) is 6.30. The topological polar surface area (TPSA) is 40.6 Å². The van der Waals surface area contributed by atoms with Crippen molar-refractivity contribution in [2.45, 2.75) is 31.7 Å². The van der Waals surface area contributed by atoms with Crippen LogP contribution in [0.1, 0.15) is 43.6 Å². The summed E-state index contributed by atoms with van der Waals surface area (Å²) in [6.45, 7) is 1.38. The van der Waals surface area contributed by atoms with Crippen LogP contribution >= 0.6 is 11.3 Å². The van der Waals surface area contributed by atoms with Crippen LogP contribution in [0.25, 0.3) is 0 Å². The minimum Gasteiger partial charge on any atom is -0.344 e. The molecule has 4 rings (SSSR count). The van der Waals surface area contributed by atoms with Gasteiger partial charge in [-0.25, -0.2) is 0 Å². The van der Waals surface area contributed by atoms with Gasteiger partial charge in [-0.3, -0.25) is 9.59 Å². The maximum Gasteiger partial charge on any atom is 0.263 e. The number of rotatable bonds is 2. The molecule has 1 aromatic carbocycles. The number of carbonyl (C=O) groups excluding carboxylic acids is 2. The van der Waals surface area contributed by atoms with E-state index in [0.717, 1.165) is 36.2 Å². The van der Waals surface area contributed by atoms with Crippen LogP contribution in [-0.4, -0.2) is 42.3 Å². The Kier molecular flexibility index (Phi) is 4.12. The lowest BCUT2D eigenvalue weighted by atomic mass is 9.98. The van der Waals surface area contributed by atoms with E-state index >= 15 is 0 Å². The Morgan fingerprint density at radius 3 is 2.76 bits per heavy atom. The molecule has 1 unspecified atom stereocenters. The van der Waals surface area contributed by atoms with Crippen molar-refractivity contribution in [3.8, 4) is 0 Å². The van der Waals surface area contributed by atoms with E-state index in [0.29, 0.717) is 6.54 Å². The zero-order valence-corrected chi connectivity index (χ0v) is 15.4. The molecule has 1 aliphatic carbocycles. The fourth-order valence-corrected chi connectivity index (χ4v) is 5.07. The number of nitrogens with zero attached hydrogens (tertiary/aromatic N) is 2. The summed E-state index contributed by atoms with van der Waals surface area (Å²) < 4.78 is 0. The molecule has 2 aromatic rings. The van der Waals surface area contributed by atoms with Crippen LogP contribution < -0.4 is 0 Å². The van der Waals surface area contributed by atoms with Gasteiger partial charge < -0.3 is 9.80 Å². The van der Waals surface area contributed by atoms with Crippen molar-refractivity contribution in [3.63, 3.8) is 0 Å². The Balaban J connectivity index is 1.53. The van der Waals surface area contributed by atoms with Crippen LogP contribution in [-0.2, 0) is 24.2 Å². The van der Waals surface area contributed by atoms with E-state index in [4.69, 9.17) is 0 Å². The van der Waals surface area contributed by atoms with Gasteiger partial charge in [0.1, 0.15) is 0 Å². The van der Waals surface area contributed by atoms with E-state index in [-0.39, 0.29) is 17.7 Å². The molecule has 2 heterocycles. The average Bonchev–Trinajstić information content (AvgIpc) is 3.23. The quantitative estimate of drug-likeness (QED) is 0.832. The minimum absolute atomic E-state index is 0.000682. The van der Waals surface area contributed by atoms with E-state index in [9.17, 15) is 9.59 Å². The van der Waals surface area contributed by atoms with Crippen LogP contribution in [0.5, 0.6) is 0 Å². The van der Waals surface area contributed by atoms with Crippen molar-refractivity contribution in [1.29, 1.82) is 0 Å². The highest BCUT2D eigenvalue weighted by Gasteiger charge is 2.33. The summed E-state index contributed by atoms with van der Waals surface area (Å²) in [7, 11) is 3.54. The number of fused-ring (bicyclic) bond motifs is 2. The first-order valence-corrected chi connectivity index (χ1v) is 9.56. The number of hydrogen-bond donors (Lipinski definition) is 0. The summed E-state index contributed by atoms with van der Waals surface area (Å²) >= 11 is 1.58. The van der Waals surface area contributed by atoms with E-state index < -0.39 is 0 Å². The van der Waals surface area contributed by atoms with Gasteiger partial charge in [-0.1, -0.05) is 24.3 Å². The summed E-state index contributed by atoms with van der Waals surface area (Å²) in [4.78, 5) is 30.9. The lowest BCUT2D eigenvalue weighted by Crippen LogP contribution is -2.38. The number of aryl methyl sites for hydroxylation is 1. The summed E-state index contributed by atoms with van der Waals surface area (Å²) in [6, 6.07) is 10.3. The third-order valence-corrected chi connectivity index (χ3v) is 6.45. The molecular weight excluding hydrogens is 332 g/mol. The standard InChI is InChI=1S/C20H22N2O2S/c1-21(2)20(24)18-11-14-12-22(10-9-17(14)25-18)19(23)16-8-7-13-5-3-4-6-15(13)16/h3-6,11,16H,7-10,12H2,1-2H3. The highest BCUT2D eigenvalue weighted by molar-refractivity contribution is 7.14. The van der Waals surface area contributed by atoms with E-state index in [2.05, 4.69) is 12.1 Å². The first-order chi connectivity index (χ1) is 12.0. The Morgan fingerprint density at radius 1 is 1.16 bits per heavy atom. The molecule has 0 N–H and O–H groups in total. The third-order valence-electron chi connectivity index (χ3n) is 5.23. The number of thiophene rings is 1. The van der Waals surface area contributed by atoms with Crippen molar-refractivity contribution in [1.82, 2.24) is 9.80 Å². The molecule has 1 aliphatic heterocycles. The molecule has 1 atom stereocenters. The van der Waals surface area contributed by atoms with Crippen LogP contribution in [0.2, 0.25) is 0 Å². The van der Waals surface area contributed by atoms with Crippen molar-refractivity contribution < 1.29 is 9.59 Å². The number of hydrogen-bond acceptors (Lipinski definition) is 3. The van der Waals surface area contributed by atoms with Gasteiger partial charge in [0.25, 0.3) is 5.91 Å². The van der Waals surface area contributed by atoms with Crippen molar-refractivity contribution in [2.75, 3.05) is 20.6 Å². The molecule has 130 valence electrons. The van der Waals surface area contributed by atoms with Crippen LogP contribution in [0.4, 0.5) is 0 Å². The largest absolute Gasteiger partial charge is 0.344 e. The predicted molar refractivity (Wildman–Crippen MR) is 99.0 cm³/mol. The monoisotopic (exact) mass is 354 g/mol. The lowest BCUT2D eigenvalue weighted by molar-refractivity contribution is -0.133. The van der Waals surface area contributed by atoms with Gasteiger partial charge in [-0.15, -0.1) is 11.3 Å². The second-order valence-corrected chi connectivity index (χ2v) is 8.20. The van der Waals surface area contributed by atoms with Crippen molar-refractivity contribution >= 4 is 23.2 Å². The predicted octanol–water partition coefficient (Wildman–Crippen LogP) is 3.06. The summed E-state index contributed by atoms with van der Waals surface area (Å²) in [5.74, 6) is 0.281. The molecule has 0 saturated heterocycles. The molecule has 4 nitrogen and oxygen atoms in total. The third kappa shape index (κ3) is 2.86. The van der Waals surface area contributed by atoms with E-state index in [1.54, 1.807) is 30.3 Å². The smallest absolute Gasteiger partial charge is 0.263 e. The highest BCUT2D eigenvalue weighted by Crippen LogP contribution is 2.36. The highest BCUT2D eigenvalue weighted by atomic mass is 32.1. The van der Waals surface area contributed by atoms with Gasteiger partial charge in [0.2, 0.25) is 5.91 Å². The van der Waals surface area contributed by atoms with Crippen LogP contribution in [0.3, 0.4) is 0 Å². The first kappa shape index (κ1) is 16.3. The van der Waals surface area contributed by atoms with Gasteiger partial charge in [0, 0.05) is 32.1 Å². The zero-order chi connectivity index (χ0) is 17.6. The normalized spacial score (nSPS) is 18.6. The number of carbonyl (C=O) groups is 2. The van der Waals surface area contributed by atoms with Gasteiger partial charge >= 0.3 is 0 Å². The molecular formula is C20H22N2O2S. The van der Waals surface area contributed by atoms with E-state index in [1.807, 2.05) is 23.1 Å². The molecule has 0 bridgehead atoms. The fraction of sp³-hybridized carbons (Fsp3) is 0.400. The molecule has 1 aromatic heterocycles. The summed E-state index contributed by atoms with van der Waals surface area (Å²) in [5, 5.41) is 0. The molecule has 0 radical (unpaired) electrons. The lowest BCUT2D eigenvalue weighted by Gasteiger charge is -2.29. The van der Waals surface area contributed by atoms with Gasteiger partial charge in [-0.2, -0.15) is 0 Å². The molecule has 2 amide bonds. The maximum absolute atomic E-state index is 13.1. The second-order valence-electron chi connectivity index (χ2n) is 7.06. The summed E-state index contributed by atoms with van der Waals surface area (Å²) in [5.41, 5.74) is 3.65. The Hall–Kier alpha value is -2.14. The first-order valence-electron chi connectivity index (χ1n) is 8.74. The minimum atomic E-state index is -0.000682. The van der Waals surface area contributed by atoms with Gasteiger partial charge in [0.05, 0.1) is 10.8 Å². The Bertz CT molecular complexity index is 840. The summed E-state index contributed by atoms with van der Waals surface area (Å²) in [6.07, 6.45) is 2.75.